The zero-order valence-corrected chi connectivity index (χ0v) is 23.0. The highest BCUT2D eigenvalue weighted by Crippen LogP contribution is 2.42. The van der Waals surface area contributed by atoms with E-state index in [4.69, 9.17) is 0 Å². The molecule has 0 atom stereocenters. The number of aromatic hydroxyl groups is 3. The molecule has 0 saturated carbocycles. The summed E-state index contributed by atoms with van der Waals surface area (Å²) in [7, 11) is -3.84. The number of amides is 1. The van der Waals surface area contributed by atoms with Crippen LogP contribution in [0.4, 0.5) is 5.69 Å². The number of nitrogens with one attached hydrogen (secondary N) is 1. The summed E-state index contributed by atoms with van der Waals surface area (Å²) < 4.78 is 26.8. The quantitative estimate of drug-likeness (QED) is 0.162. The van der Waals surface area contributed by atoms with Gasteiger partial charge in [-0.3, -0.25) is 4.79 Å². The second-order valence-corrected chi connectivity index (χ2v) is 11.8. The first-order valence-electron chi connectivity index (χ1n) is 13.1. The van der Waals surface area contributed by atoms with Crippen molar-refractivity contribution in [3.8, 4) is 17.2 Å². The Hall–Kier alpha value is -5.34. The third-order valence-corrected chi connectivity index (χ3v) is 9.12. The van der Waals surface area contributed by atoms with Gasteiger partial charge in [-0.2, -0.15) is 0 Å². The van der Waals surface area contributed by atoms with Crippen LogP contribution in [-0.4, -0.2) is 29.6 Å². The smallest absolute Gasteiger partial charge is 0.259 e. The van der Waals surface area contributed by atoms with E-state index in [2.05, 4.69) is 5.32 Å². The molecule has 7 nitrogen and oxygen atoms in total. The number of hydrogen-bond donors (Lipinski definition) is 4. The van der Waals surface area contributed by atoms with Crippen molar-refractivity contribution in [1.82, 2.24) is 0 Å². The lowest BCUT2D eigenvalue weighted by atomic mass is 9.96. The minimum absolute atomic E-state index is 0.0550. The lowest BCUT2D eigenvalue weighted by Crippen LogP contribution is -2.13. The molecule has 6 aromatic rings. The number of benzene rings is 6. The fraction of sp³-hybridized carbons (Fsp3) is 0.0294. The number of phenolic OH excluding ortho intramolecular Hbond substituents is 3. The van der Waals surface area contributed by atoms with Crippen LogP contribution >= 0.6 is 0 Å². The minimum atomic E-state index is -3.84. The van der Waals surface area contributed by atoms with E-state index in [0.29, 0.717) is 5.39 Å². The Kier molecular flexibility index (Phi) is 6.76. The number of carbonyl (C=O) groups is 1. The maximum Gasteiger partial charge on any atom is 0.259 e. The van der Waals surface area contributed by atoms with E-state index in [1.807, 2.05) is 60.7 Å². The zero-order chi connectivity index (χ0) is 29.4. The van der Waals surface area contributed by atoms with Crippen LogP contribution in [0.2, 0.25) is 0 Å². The summed E-state index contributed by atoms with van der Waals surface area (Å²) >= 11 is 0. The lowest BCUT2D eigenvalue weighted by molar-refractivity contribution is 0.102. The molecule has 4 N–H and O–H groups in total. The van der Waals surface area contributed by atoms with E-state index in [1.54, 1.807) is 24.3 Å². The van der Waals surface area contributed by atoms with Gasteiger partial charge in [0.1, 0.15) is 0 Å². The van der Waals surface area contributed by atoms with Crippen LogP contribution < -0.4 is 5.32 Å². The Bertz CT molecular complexity index is 2090. The number of hydrogen-bond acceptors (Lipinski definition) is 6. The molecule has 0 spiro atoms. The number of anilines is 1. The first-order valence-corrected chi connectivity index (χ1v) is 14.6. The Balaban J connectivity index is 1.28. The van der Waals surface area contributed by atoms with Gasteiger partial charge in [0, 0.05) is 23.1 Å². The molecule has 0 saturated heterocycles. The van der Waals surface area contributed by atoms with Crippen molar-refractivity contribution in [2.24, 2.45) is 0 Å². The summed E-state index contributed by atoms with van der Waals surface area (Å²) in [5.74, 6) is -2.82. The predicted molar refractivity (Wildman–Crippen MR) is 162 cm³/mol. The van der Waals surface area contributed by atoms with Crippen molar-refractivity contribution in [3.63, 3.8) is 0 Å². The number of phenols is 3. The Labute approximate surface area is 241 Å². The fourth-order valence-corrected chi connectivity index (χ4v) is 6.62. The van der Waals surface area contributed by atoms with Crippen LogP contribution in [0.25, 0.3) is 21.5 Å². The topological polar surface area (TPSA) is 124 Å². The highest BCUT2D eigenvalue weighted by molar-refractivity contribution is 7.91. The number of fused-ring (bicyclic) bond motifs is 2. The summed E-state index contributed by atoms with van der Waals surface area (Å²) in [6.07, 6.45) is 0.196. The zero-order valence-electron chi connectivity index (χ0n) is 22.2. The van der Waals surface area contributed by atoms with Gasteiger partial charge in [0.25, 0.3) is 5.91 Å². The van der Waals surface area contributed by atoms with E-state index < -0.39 is 33.0 Å². The molecule has 0 bridgehead atoms. The maximum atomic E-state index is 13.4. The largest absolute Gasteiger partial charge is 0.504 e. The van der Waals surface area contributed by atoms with Crippen molar-refractivity contribution in [1.29, 1.82) is 0 Å². The summed E-state index contributed by atoms with van der Waals surface area (Å²) in [6.45, 7) is 0. The highest BCUT2D eigenvalue weighted by Gasteiger charge is 2.23. The molecule has 0 radical (unpaired) electrons. The molecule has 208 valence electrons. The number of rotatable bonds is 6. The Morgan fingerprint density at radius 2 is 1.21 bits per heavy atom. The summed E-state index contributed by atoms with van der Waals surface area (Å²) in [4.78, 5) is 13.4. The van der Waals surface area contributed by atoms with E-state index in [9.17, 15) is 28.5 Å². The van der Waals surface area contributed by atoms with E-state index in [-0.39, 0.29) is 33.0 Å². The average Bonchev–Trinajstić information content (AvgIpc) is 3.01. The van der Waals surface area contributed by atoms with Crippen LogP contribution in [0.3, 0.4) is 0 Å². The van der Waals surface area contributed by atoms with Crippen molar-refractivity contribution < 1.29 is 28.5 Å². The molecule has 0 fully saturated rings. The molecule has 0 aliphatic heterocycles. The number of sulfone groups is 1. The summed E-state index contributed by atoms with van der Waals surface area (Å²) in [6, 6.07) is 32.8. The van der Waals surface area contributed by atoms with Gasteiger partial charge in [-0.15, -0.1) is 0 Å². The van der Waals surface area contributed by atoms with Gasteiger partial charge >= 0.3 is 0 Å². The van der Waals surface area contributed by atoms with Gasteiger partial charge in [-0.05, 0) is 58.1 Å². The van der Waals surface area contributed by atoms with Crippen molar-refractivity contribution in [3.05, 3.63) is 132 Å². The molecule has 0 unspecified atom stereocenters. The molecule has 0 heterocycles. The maximum absolute atomic E-state index is 13.4. The average molecular weight is 576 g/mol. The predicted octanol–water partition coefficient (Wildman–Crippen LogP) is 6.79. The van der Waals surface area contributed by atoms with E-state index in [0.717, 1.165) is 21.7 Å². The van der Waals surface area contributed by atoms with Gasteiger partial charge in [-0.1, -0.05) is 78.9 Å². The van der Waals surface area contributed by atoms with Gasteiger partial charge in [0.05, 0.1) is 15.4 Å². The van der Waals surface area contributed by atoms with Crippen LogP contribution in [0.5, 0.6) is 17.2 Å². The fourth-order valence-electron chi connectivity index (χ4n) is 5.14. The summed E-state index contributed by atoms with van der Waals surface area (Å²) in [5, 5.41) is 37.5. The molecule has 8 heteroatoms. The normalized spacial score (nSPS) is 11.5. The molecule has 0 aliphatic rings. The van der Waals surface area contributed by atoms with Crippen LogP contribution in [-0.2, 0) is 16.3 Å². The highest BCUT2D eigenvalue weighted by atomic mass is 32.2. The molecule has 6 rings (SSSR count). The molecule has 42 heavy (non-hydrogen) atoms. The molecule has 6 aromatic carbocycles. The SMILES string of the molecule is O=C(Nc1ccc(S(=O)(=O)c2cccc3ccccc23)cc1)c1cc(Cc2cccc3ccccc23)c(O)c(O)c1O. The van der Waals surface area contributed by atoms with Gasteiger partial charge in [0.2, 0.25) is 15.6 Å². The van der Waals surface area contributed by atoms with Crippen molar-refractivity contribution >= 4 is 43.0 Å². The Morgan fingerprint density at radius 3 is 1.93 bits per heavy atom. The van der Waals surface area contributed by atoms with Crippen molar-refractivity contribution in [2.45, 2.75) is 16.2 Å². The van der Waals surface area contributed by atoms with Crippen LogP contribution in [0.15, 0.2) is 125 Å². The van der Waals surface area contributed by atoms with E-state index >= 15 is 0 Å². The monoisotopic (exact) mass is 575 g/mol. The Morgan fingerprint density at radius 1 is 0.619 bits per heavy atom. The van der Waals surface area contributed by atoms with E-state index in [1.165, 1.54) is 30.3 Å². The lowest BCUT2D eigenvalue weighted by Gasteiger charge is -2.14. The second kappa shape index (κ2) is 10.6. The van der Waals surface area contributed by atoms with Crippen molar-refractivity contribution in [2.75, 3.05) is 5.32 Å². The number of carbonyl (C=O) groups excluding carboxylic acids is 1. The first-order chi connectivity index (χ1) is 20.2. The van der Waals surface area contributed by atoms with Gasteiger partial charge in [-0.25, -0.2) is 8.42 Å². The van der Waals surface area contributed by atoms with Gasteiger partial charge in [0.15, 0.2) is 11.5 Å². The van der Waals surface area contributed by atoms with Crippen LogP contribution in [0.1, 0.15) is 21.5 Å². The third kappa shape index (κ3) is 4.78. The van der Waals surface area contributed by atoms with Crippen LogP contribution in [0, 0.1) is 0 Å². The summed E-state index contributed by atoms with van der Waals surface area (Å²) in [5.41, 5.74) is 1.15. The molecule has 1 amide bonds. The van der Waals surface area contributed by atoms with Gasteiger partial charge < -0.3 is 20.6 Å². The second-order valence-electron chi connectivity index (χ2n) is 9.90. The first kappa shape index (κ1) is 26.9. The molecule has 0 aromatic heterocycles. The standard InChI is InChI=1S/C34H25NO6S/c36-31-24(19-23-11-5-9-21-7-1-3-12-27(21)23)20-29(32(37)33(31)38)34(39)35-25-15-17-26(18-16-25)42(40,41)30-14-6-10-22-8-2-4-13-28(22)30/h1-18,20,36-38H,19H2,(H,35,39). The molecular weight excluding hydrogens is 550 g/mol. The minimum Gasteiger partial charge on any atom is -0.504 e. The third-order valence-electron chi connectivity index (χ3n) is 7.29. The molecular formula is C34H25NO6S. The molecule has 0 aliphatic carbocycles.